The highest BCUT2D eigenvalue weighted by Crippen LogP contribution is 2.22. The van der Waals surface area contributed by atoms with Crippen LogP contribution in [0.5, 0.6) is 5.75 Å². The molecule has 2 aromatic carbocycles. The summed E-state index contributed by atoms with van der Waals surface area (Å²) in [5.74, 6) is -3.94. The van der Waals surface area contributed by atoms with E-state index in [9.17, 15) is 34.2 Å². The first-order chi connectivity index (χ1) is 20.9. The largest absolute Gasteiger partial charge is 0.508 e. The monoisotopic (exact) mass is 661 g/mol. The maximum Gasteiger partial charge on any atom is 0.327 e. The summed E-state index contributed by atoms with van der Waals surface area (Å²) in [6, 6.07) is 7.29. The van der Waals surface area contributed by atoms with E-state index in [1.165, 1.54) is 13.8 Å². The summed E-state index contributed by atoms with van der Waals surface area (Å²) in [5, 5.41) is 28.8. The SMILES string of the molecule is Cc1cc(O)cc(C)c1C[C@H](N)C(=O)N[C@@H](C(=O)NCC(=O)N[C@@H](Cc1ccccc1)C(=O)N[C@@H](C(=O)O)C(C)(C)S)C(C)S. The zero-order chi connectivity index (χ0) is 34.1. The molecule has 0 aliphatic rings. The van der Waals surface area contributed by atoms with E-state index in [1.807, 2.05) is 0 Å². The highest BCUT2D eigenvalue weighted by molar-refractivity contribution is 7.81. The highest BCUT2D eigenvalue weighted by atomic mass is 32.1. The molecule has 0 aliphatic heterocycles. The van der Waals surface area contributed by atoms with E-state index in [1.54, 1.807) is 63.2 Å². The second-order valence-electron chi connectivity index (χ2n) is 11.6. The summed E-state index contributed by atoms with van der Waals surface area (Å²) in [6.45, 7) is 7.72. The lowest BCUT2D eigenvalue weighted by Crippen LogP contribution is -2.59. The molecule has 5 atom stereocenters. The number of aromatic hydroxyl groups is 1. The molecule has 0 aliphatic carbocycles. The molecule has 1 unspecified atom stereocenters. The van der Waals surface area contributed by atoms with Crippen molar-refractivity contribution in [2.75, 3.05) is 6.54 Å². The number of benzene rings is 2. The van der Waals surface area contributed by atoms with Crippen LogP contribution in [-0.2, 0) is 36.8 Å². The minimum Gasteiger partial charge on any atom is -0.508 e. The van der Waals surface area contributed by atoms with Crippen LogP contribution in [0.2, 0.25) is 0 Å². The molecule has 0 saturated carbocycles. The second-order valence-corrected chi connectivity index (χ2v) is 13.5. The lowest BCUT2D eigenvalue weighted by molar-refractivity contribution is -0.143. The number of nitrogens with two attached hydrogens (primary N) is 1. The molecule has 45 heavy (non-hydrogen) atoms. The number of phenolic OH excluding ortho intramolecular Hbond substituents is 1. The molecule has 0 saturated heterocycles. The molecule has 14 heteroatoms. The van der Waals surface area contributed by atoms with Crippen LogP contribution >= 0.6 is 25.3 Å². The number of carboxylic acids is 1. The van der Waals surface area contributed by atoms with Crippen LogP contribution in [0.15, 0.2) is 42.5 Å². The van der Waals surface area contributed by atoms with Crippen molar-refractivity contribution in [2.24, 2.45) is 5.73 Å². The van der Waals surface area contributed by atoms with E-state index in [-0.39, 0.29) is 18.6 Å². The van der Waals surface area contributed by atoms with E-state index in [0.717, 1.165) is 16.7 Å². The molecule has 0 spiro atoms. The molecule has 8 N–H and O–H groups in total. The summed E-state index contributed by atoms with van der Waals surface area (Å²) in [5.41, 5.74) is 9.19. The van der Waals surface area contributed by atoms with Gasteiger partial charge in [-0.3, -0.25) is 19.2 Å². The Balaban J connectivity index is 2.08. The highest BCUT2D eigenvalue weighted by Gasteiger charge is 2.36. The molecule has 12 nitrogen and oxygen atoms in total. The summed E-state index contributed by atoms with van der Waals surface area (Å²) in [7, 11) is 0. The molecular formula is C31H43N5O7S2. The van der Waals surface area contributed by atoms with Gasteiger partial charge < -0.3 is 37.2 Å². The average Bonchev–Trinajstić information content (AvgIpc) is 2.94. The van der Waals surface area contributed by atoms with E-state index in [2.05, 4.69) is 46.5 Å². The third kappa shape index (κ3) is 11.6. The minimum absolute atomic E-state index is 0.0515. The van der Waals surface area contributed by atoms with Crippen molar-refractivity contribution in [3.05, 3.63) is 64.7 Å². The normalized spacial score (nSPS) is 14.7. The Labute approximate surface area is 274 Å². The summed E-state index contributed by atoms with van der Waals surface area (Å²) >= 11 is 8.60. The predicted molar refractivity (Wildman–Crippen MR) is 177 cm³/mol. The van der Waals surface area contributed by atoms with Crippen LogP contribution in [0.4, 0.5) is 0 Å². The van der Waals surface area contributed by atoms with Gasteiger partial charge in [-0.2, -0.15) is 25.3 Å². The number of thiol groups is 2. The zero-order valence-corrected chi connectivity index (χ0v) is 27.7. The lowest BCUT2D eigenvalue weighted by atomic mass is 9.96. The van der Waals surface area contributed by atoms with Crippen LogP contribution in [0.3, 0.4) is 0 Å². The molecule has 0 aromatic heterocycles. The maximum absolute atomic E-state index is 13.2. The fourth-order valence-corrected chi connectivity index (χ4v) is 5.02. The van der Waals surface area contributed by atoms with Gasteiger partial charge in [0.1, 0.15) is 23.9 Å². The quantitative estimate of drug-likeness (QED) is 0.125. The molecule has 0 radical (unpaired) electrons. The van der Waals surface area contributed by atoms with Gasteiger partial charge in [0.2, 0.25) is 23.6 Å². The Bertz CT molecular complexity index is 1360. The molecule has 4 amide bonds. The second kappa shape index (κ2) is 16.5. The van der Waals surface area contributed by atoms with E-state index in [0.29, 0.717) is 5.56 Å². The number of aryl methyl sites for hydroxylation is 2. The zero-order valence-electron chi connectivity index (χ0n) is 26.0. The van der Waals surface area contributed by atoms with Gasteiger partial charge in [-0.05, 0) is 68.5 Å². The fraction of sp³-hybridized carbons (Fsp3) is 0.452. The predicted octanol–water partition coefficient (Wildman–Crippen LogP) is 0.803. The van der Waals surface area contributed by atoms with Crippen molar-refractivity contribution >= 4 is 54.9 Å². The first-order valence-corrected chi connectivity index (χ1v) is 15.3. The van der Waals surface area contributed by atoms with Gasteiger partial charge >= 0.3 is 5.97 Å². The van der Waals surface area contributed by atoms with Gasteiger partial charge in [0.25, 0.3) is 0 Å². The number of hydrogen-bond acceptors (Lipinski definition) is 9. The molecule has 246 valence electrons. The average molecular weight is 662 g/mol. The topological polar surface area (TPSA) is 200 Å². The van der Waals surface area contributed by atoms with Crippen molar-refractivity contribution in [3.63, 3.8) is 0 Å². The lowest BCUT2D eigenvalue weighted by Gasteiger charge is -2.29. The van der Waals surface area contributed by atoms with Gasteiger partial charge in [0, 0.05) is 16.4 Å². The minimum atomic E-state index is -1.35. The van der Waals surface area contributed by atoms with Crippen molar-refractivity contribution in [3.8, 4) is 5.75 Å². The van der Waals surface area contributed by atoms with Crippen LogP contribution in [0.1, 0.15) is 43.0 Å². The summed E-state index contributed by atoms with van der Waals surface area (Å²) < 4.78 is -1.11. The van der Waals surface area contributed by atoms with E-state index >= 15 is 0 Å². The first kappa shape index (κ1) is 37.4. The van der Waals surface area contributed by atoms with Crippen LogP contribution in [-0.4, -0.2) is 80.5 Å². The van der Waals surface area contributed by atoms with Gasteiger partial charge in [-0.1, -0.05) is 37.3 Å². The molecule has 0 bridgehead atoms. The van der Waals surface area contributed by atoms with E-state index in [4.69, 9.17) is 5.73 Å². The third-order valence-electron chi connectivity index (χ3n) is 7.10. The Morgan fingerprint density at radius 2 is 1.49 bits per heavy atom. The van der Waals surface area contributed by atoms with Gasteiger partial charge in [-0.25, -0.2) is 4.79 Å². The maximum atomic E-state index is 13.2. The number of carbonyl (C=O) groups is 5. The third-order valence-corrected chi connectivity index (χ3v) is 7.66. The molecule has 2 rings (SSSR count). The van der Waals surface area contributed by atoms with Crippen molar-refractivity contribution in [1.29, 1.82) is 0 Å². The number of amides is 4. The Hall–Kier alpha value is -3.75. The molecular weight excluding hydrogens is 619 g/mol. The van der Waals surface area contributed by atoms with Gasteiger partial charge in [0.15, 0.2) is 0 Å². The standard InChI is InChI=1S/C31H43N5O7S2/c1-16-11-20(37)12-17(2)21(16)14-22(32)27(39)35-25(18(3)44)29(41)33-15-24(38)34-23(13-19-9-7-6-8-10-19)28(40)36-26(30(42)43)31(4,5)45/h6-12,18,22-23,25-26,37,44-45H,13-15,32H2,1-5H3,(H,33,41)(H,34,38)(H,35,39)(H,36,40)(H,42,43)/t18?,22-,23-,25+,26-/m0/s1. The molecule has 0 fully saturated rings. The number of rotatable bonds is 15. The molecule has 0 heterocycles. The first-order valence-electron chi connectivity index (χ1n) is 14.3. The summed E-state index contributed by atoms with van der Waals surface area (Å²) in [4.78, 5) is 63.8. The van der Waals surface area contributed by atoms with Crippen molar-refractivity contribution < 1.29 is 34.2 Å². The smallest absolute Gasteiger partial charge is 0.327 e. The van der Waals surface area contributed by atoms with Crippen LogP contribution < -0.4 is 27.0 Å². The van der Waals surface area contributed by atoms with Crippen LogP contribution in [0.25, 0.3) is 0 Å². The van der Waals surface area contributed by atoms with Gasteiger partial charge in [0.05, 0.1) is 12.6 Å². The molecule has 2 aromatic rings. The van der Waals surface area contributed by atoms with Crippen molar-refractivity contribution in [1.82, 2.24) is 21.3 Å². The number of carboxylic acid groups (broad SMARTS) is 1. The number of carbonyl (C=O) groups excluding carboxylic acids is 4. The van der Waals surface area contributed by atoms with E-state index < -0.39 is 70.3 Å². The summed E-state index contributed by atoms with van der Waals surface area (Å²) in [6.07, 6.45) is 0.218. The Kier molecular flexibility index (Phi) is 13.8. The van der Waals surface area contributed by atoms with Crippen molar-refractivity contribution in [2.45, 2.75) is 81.6 Å². The fourth-order valence-electron chi connectivity index (χ4n) is 4.64. The van der Waals surface area contributed by atoms with Crippen LogP contribution in [0, 0.1) is 13.8 Å². The number of phenols is 1. The number of hydrogen-bond donors (Lipinski definition) is 9. The Morgan fingerprint density at radius 3 is 2.00 bits per heavy atom. The number of nitrogens with one attached hydrogen (secondary N) is 4. The number of aliphatic carboxylic acids is 1. The Morgan fingerprint density at radius 1 is 0.911 bits per heavy atom. The van der Waals surface area contributed by atoms with Gasteiger partial charge in [-0.15, -0.1) is 0 Å².